The monoisotopic (exact) mass is 482 g/mol. The zero-order valence-electron chi connectivity index (χ0n) is 19.1. The van der Waals surface area contributed by atoms with Crippen LogP contribution < -0.4 is 5.32 Å². The molecular weight excluding hydrogens is 460 g/mol. The van der Waals surface area contributed by atoms with E-state index in [2.05, 4.69) is 12.2 Å². The van der Waals surface area contributed by atoms with E-state index in [1.807, 2.05) is 54.6 Å². The first-order valence-electron chi connectivity index (χ1n) is 11.4. The van der Waals surface area contributed by atoms with Crippen LogP contribution in [0.3, 0.4) is 0 Å². The number of carboxylic acid groups (broad SMARTS) is 1. The van der Waals surface area contributed by atoms with E-state index in [1.54, 1.807) is 24.3 Å². The Morgan fingerprint density at radius 1 is 1.03 bits per heavy atom. The fraction of sp³-hybridized carbons (Fsp3) is 0.138. The molecule has 35 heavy (non-hydrogen) atoms. The van der Waals surface area contributed by atoms with Gasteiger partial charge in [-0.2, -0.15) is 0 Å². The van der Waals surface area contributed by atoms with Crippen LogP contribution in [-0.2, 0) is 6.42 Å². The third kappa shape index (κ3) is 4.55. The Morgan fingerprint density at radius 3 is 2.60 bits per heavy atom. The minimum Gasteiger partial charge on any atom is -0.478 e. The van der Waals surface area contributed by atoms with Crippen molar-refractivity contribution in [3.63, 3.8) is 0 Å². The van der Waals surface area contributed by atoms with Crippen molar-refractivity contribution in [1.82, 2.24) is 4.98 Å². The summed E-state index contributed by atoms with van der Waals surface area (Å²) in [6, 6.07) is 21.8. The van der Waals surface area contributed by atoms with E-state index in [9.17, 15) is 14.7 Å². The lowest BCUT2D eigenvalue weighted by Crippen LogP contribution is -2.17. The van der Waals surface area contributed by atoms with Gasteiger partial charge in [0.05, 0.1) is 27.4 Å². The summed E-state index contributed by atoms with van der Waals surface area (Å²) >= 11 is 6.16. The number of nitrogens with zero attached hydrogens (tertiary/aromatic N) is 1. The van der Waals surface area contributed by atoms with E-state index in [-0.39, 0.29) is 11.8 Å². The summed E-state index contributed by atoms with van der Waals surface area (Å²) in [5.41, 5.74) is 5.46. The van der Waals surface area contributed by atoms with E-state index < -0.39 is 5.97 Å². The Bertz CT molecular complexity index is 1510. The second kappa shape index (κ2) is 9.35. The molecule has 5 rings (SSSR count). The Morgan fingerprint density at radius 2 is 1.80 bits per heavy atom. The molecule has 1 aliphatic rings. The molecule has 5 nitrogen and oxygen atoms in total. The van der Waals surface area contributed by atoms with Gasteiger partial charge in [-0.3, -0.25) is 4.79 Å². The van der Waals surface area contributed by atoms with Crippen molar-refractivity contribution >= 4 is 51.7 Å². The number of rotatable bonds is 4. The number of pyridine rings is 1. The molecule has 1 unspecified atom stereocenters. The van der Waals surface area contributed by atoms with Crippen LogP contribution in [0.5, 0.6) is 0 Å². The number of benzene rings is 3. The standard InChI is InChI=1S/C29H23ClN2O3/c1-17-13-19(27-23(14-17)26(29(34)35)22-10-3-5-12-25(22)32-27)15-18-7-6-8-20(16-18)31-28(33)21-9-2-4-11-24(21)30/h2-12,15-17H,13-14H2,1H3,(H,31,33)(H,34,35)/b19-15+. The third-order valence-corrected chi connectivity index (χ3v) is 6.57. The fourth-order valence-electron chi connectivity index (χ4n) is 4.73. The summed E-state index contributed by atoms with van der Waals surface area (Å²) in [5, 5.41) is 14.0. The highest BCUT2D eigenvalue weighted by Gasteiger charge is 2.27. The molecule has 0 aliphatic heterocycles. The lowest BCUT2D eigenvalue weighted by Gasteiger charge is -2.26. The topological polar surface area (TPSA) is 79.3 Å². The molecule has 0 radical (unpaired) electrons. The van der Waals surface area contributed by atoms with Gasteiger partial charge in [-0.1, -0.05) is 61.0 Å². The van der Waals surface area contributed by atoms with Gasteiger partial charge in [-0.15, -0.1) is 0 Å². The van der Waals surface area contributed by atoms with Gasteiger partial charge >= 0.3 is 5.97 Å². The first-order valence-corrected chi connectivity index (χ1v) is 11.8. The summed E-state index contributed by atoms with van der Waals surface area (Å²) in [5.74, 6) is -0.938. The zero-order chi connectivity index (χ0) is 24.5. The van der Waals surface area contributed by atoms with Crippen LogP contribution >= 0.6 is 11.6 Å². The fourth-order valence-corrected chi connectivity index (χ4v) is 4.95. The van der Waals surface area contributed by atoms with Gasteiger partial charge in [0.2, 0.25) is 0 Å². The molecule has 0 bridgehead atoms. The van der Waals surface area contributed by atoms with Gasteiger partial charge in [0.1, 0.15) is 0 Å². The summed E-state index contributed by atoms with van der Waals surface area (Å²) in [6.45, 7) is 2.12. The second-order valence-electron chi connectivity index (χ2n) is 8.88. The summed E-state index contributed by atoms with van der Waals surface area (Å²) in [6.07, 6.45) is 3.49. The summed E-state index contributed by atoms with van der Waals surface area (Å²) in [7, 11) is 0. The van der Waals surface area contributed by atoms with Gasteiger partial charge in [0.25, 0.3) is 5.91 Å². The number of nitrogens with one attached hydrogen (secondary N) is 1. The van der Waals surface area contributed by atoms with Crippen molar-refractivity contribution in [2.75, 3.05) is 5.32 Å². The number of amides is 1. The number of aromatic nitrogens is 1. The van der Waals surface area contributed by atoms with Crippen molar-refractivity contribution in [2.24, 2.45) is 5.92 Å². The molecule has 3 aromatic carbocycles. The van der Waals surface area contributed by atoms with Crippen LogP contribution in [0.4, 0.5) is 5.69 Å². The van der Waals surface area contributed by atoms with E-state index in [1.165, 1.54) is 0 Å². The molecule has 0 saturated carbocycles. The van der Waals surface area contributed by atoms with E-state index in [0.717, 1.165) is 28.8 Å². The van der Waals surface area contributed by atoms with Crippen molar-refractivity contribution in [2.45, 2.75) is 19.8 Å². The first-order chi connectivity index (χ1) is 16.9. The highest BCUT2D eigenvalue weighted by Crippen LogP contribution is 2.38. The molecule has 6 heteroatoms. The van der Waals surface area contributed by atoms with Crippen LogP contribution in [0.15, 0.2) is 72.8 Å². The van der Waals surface area contributed by atoms with Gasteiger partial charge in [-0.25, -0.2) is 9.78 Å². The molecule has 0 fully saturated rings. The molecule has 2 N–H and O–H groups in total. The van der Waals surface area contributed by atoms with Gasteiger partial charge in [0, 0.05) is 11.1 Å². The Labute approximate surface area is 208 Å². The molecule has 1 aliphatic carbocycles. The van der Waals surface area contributed by atoms with Crippen molar-refractivity contribution in [1.29, 1.82) is 0 Å². The van der Waals surface area contributed by atoms with Crippen LogP contribution in [0.25, 0.3) is 22.6 Å². The highest BCUT2D eigenvalue weighted by atomic mass is 35.5. The number of allylic oxidation sites excluding steroid dienone is 1. The summed E-state index contributed by atoms with van der Waals surface area (Å²) < 4.78 is 0. The summed E-state index contributed by atoms with van der Waals surface area (Å²) in [4.78, 5) is 29.8. The number of halogens is 1. The maximum absolute atomic E-state index is 12.7. The van der Waals surface area contributed by atoms with E-state index in [4.69, 9.17) is 16.6 Å². The lowest BCUT2D eigenvalue weighted by atomic mass is 9.80. The third-order valence-electron chi connectivity index (χ3n) is 6.24. The van der Waals surface area contributed by atoms with Gasteiger partial charge in [0.15, 0.2) is 0 Å². The molecule has 0 spiro atoms. The predicted octanol–water partition coefficient (Wildman–Crippen LogP) is 6.96. The Balaban J connectivity index is 1.54. The number of carbonyl (C=O) groups excluding carboxylic acids is 1. The molecule has 1 atom stereocenters. The van der Waals surface area contributed by atoms with E-state index >= 15 is 0 Å². The Hall–Kier alpha value is -3.96. The number of anilines is 1. The predicted molar refractivity (Wildman–Crippen MR) is 140 cm³/mol. The van der Waals surface area contributed by atoms with Crippen LogP contribution in [0.2, 0.25) is 5.02 Å². The maximum atomic E-state index is 12.7. The van der Waals surface area contributed by atoms with Crippen molar-refractivity contribution in [3.05, 3.63) is 106 Å². The van der Waals surface area contributed by atoms with Crippen molar-refractivity contribution in [3.8, 4) is 0 Å². The molecule has 4 aromatic rings. The minimum atomic E-state index is -0.933. The van der Waals surface area contributed by atoms with Gasteiger partial charge in [-0.05, 0) is 71.9 Å². The molecule has 174 valence electrons. The lowest BCUT2D eigenvalue weighted by molar-refractivity contribution is 0.0697. The number of aromatic carboxylic acids is 1. The SMILES string of the molecule is CC1C/C(=C\c2cccc(NC(=O)c3ccccc3Cl)c2)c2nc3ccccc3c(C(=O)O)c2C1. The average molecular weight is 483 g/mol. The second-order valence-corrected chi connectivity index (χ2v) is 9.29. The zero-order valence-corrected chi connectivity index (χ0v) is 19.8. The highest BCUT2D eigenvalue weighted by molar-refractivity contribution is 6.34. The maximum Gasteiger partial charge on any atom is 0.336 e. The van der Waals surface area contributed by atoms with Crippen LogP contribution in [-0.4, -0.2) is 22.0 Å². The number of hydrogen-bond acceptors (Lipinski definition) is 3. The van der Waals surface area contributed by atoms with Gasteiger partial charge < -0.3 is 10.4 Å². The molecule has 1 amide bonds. The quantitative estimate of drug-likeness (QED) is 0.329. The molecule has 1 heterocycles. The number of carboxylic acids is 1. The van der Waals surface area contributed by atoms with E-state index in [0.29, 0.717) is 39.2 Å². The largest absolute Gasteiger partial charge is 0.478 e. The Kier molecular flexibility index (Phi) is 6.10. The van der Waals surface area contributed by atoms with Crippen LogP contribution in [0.1, 0.15) is 50.9 Å². The average Bonchev–Trinajstić information content (AvgIpc) is 2.83. The number of fused-ring (bicyclic) bond motifs is 2. The van der Waals surface area contributed by atoms with Crippen molar-refractivity contribution < 1.29 is 14.7 Å². The molecule has 1 aromatic heterocycles. The normalized spacial score (nSPS) is 16.2. The number of hydrogen-bond donors (Lipinski definition) is 2. The number of carbonyl (C=O) groups is 2. The number of para-hydroxylation sites is 1. The molecule has 0 saturated heterocycles. The first kappa shape index (κ1) is 22.8. The smallest absolute Gasteiger partial charge is 0.336 e. The minimum absolute atomic E-state index is 0.276. The van der Waals surface area contributed by atoms with Crippen LogP contribution in [0, 0.1) is 5.92 Å². The molecular formula is C29H23ClN2O3.